The molecule has 0 spiro atoms. The molecule has 3 atom stereocenters. The zero-order chi connectivity index (χ0) is 27.6. The first kappa shape index (κ1) is 26.3. The van der Waals surface area contributed by atoms with E-state index >= 15 is 0 Å². The number of alkyl halides is 3. The predicted molar refractivity (Wildman–Crippen MR) is 127 cm³/mol. The Hall–Kier alpha value is -3.30. The molecule has 0 aromatic carbocycles. The van der Waals surface area contributed by atoms with Gasteiger partial charge in [-0.05, 0) is 31.7 Å². The third-order valence-electron chi connectivity index (χ3n) is 7.27. The largest absolute Gasteiger partial charge is 0.420 e. The van der Waals surface area contributed by atoms with Crippen molar-refractivity contribution >= 4 is 27.2 Å². The molecule has 2 fully saturated rings. The summed E-state index contributed by atoms with van der Waals surface area (Å²) < 4.78 is 65.4. The van der Waals surface area contributed by atoms with E-state index in [9.17, 15) is 36.6 Å². The third-order valence-corrected chi connectivity index (χ3v) is 8.42. The number of sulfone groups is 1. The summed E-state index contributed by atoms with van der Waals surface area (Å²) in [7, 11) is -3.85. The van der Waals surface area contributed by atoms with E-state index in [1.165, 1.54) is 12.3 Å². The number of halogens is 3. The zero-order valence-electron chi connectivity index (χ0n) is 20.1. The van der Waals surface area contributed by atoms with Gasteiger partial charge in [0.15, 0.2) is 21.6 Å². The topological polar surface area (TPSA) is 164 Å². The van der Waals surface area contributed by atoms with Gasteiger partial charge >= 0.3 is 6.18 Å². The second-order valence-electron chi connectivity index (χ2n) is 9.71. The summed E-state index contributed by atoms with van der Waals surface area (Å²) in [5.41, 5.74) is 6.86. The lowest BCUT2D eigenvalue weighted by Crippen LogP contribution is -2.47. The van der Waals surface area contributed by atoms with E-state index < -0.39 is 34.4 Å². The number of carbonyl (C=O) groups excluding carboxylic acids is 1. The number of amides is 1. The number of carbonyl (C=O) groups is 1. The molecule has 11 nitrogen and oxygen atoms in total. The second kappa shape index (κ2) is 9.17. The smallest absolute Gasteiger partial charge is 0.387 e. The van der Waals surface area contributed by atoms with Gasteiger partial charge < -0.3 is 20.8 Å². The van der Waals surface area contributed by atoms with Gasteiger partial charge in [-0.3, -0.25) is 9.78 Å². The highest BCUT2D eigenvalue weighted by Gasteiger charge is 2.45. The molecule has 2 saturated heterocycles. The van der Waals surface area contributed by atoms with Crippen LogP contribution in [-0.2, 0) is 14.6 Å². The molecule has 0 radical (unpaired) electrons. The van der Waals surface area contributed by atoms with E-state index in [0.717, 1.165) is 35.9 Å². The molecule has 5 heterocycles. The number of aromatic nitrogens is 4. The van der Waals surface area contributed by atoms with E-state index in [0.29, 0.717) is 24.0 Å². The van der Waals surface area contributed by atoms with Crippen molar-refractivity contribution < 1.29 is 36.6 Å². The van der Waals surface area contributed by atoms with Crippen LogP contribution in [0.3, 0.4) is 0 Å². The van der Waals surface area contributed by atoms with Gasteiger partial charge in [-0.25, -0.2) is 13.4 Å². The van der Waals surface area contributed by atoms with Gasteiger partial charge in [0.2, 0.25) is 5.91 Å². The predicted octanol–water partition coefficient (Wildman–Crippen LogP) is 1.60. The number of rotatable bonds is 5. The van der Waals surface area contributed by atoms with E-state index in [-0.39, 0.29) is 46.0 Å². The lowest BCUT2D eigenvalue weighted by molar-refractivity contribution is -0.207. The van der Waals surface area contributed by atoms with Crippen LogP contribution in [0.4, 0.5) is 19.0 Å². The summed E-state index contributed by atoms with van der Waals surface area (Å²) >= 11 is 0. The van der Waals surface area contributed by atoms with Crippen LogP contribution in [0.1, 0.15) is 49.1 Å². The number of nitrogens with zero attached hydrogens (tertiary/aromatic N) is 5. The quantitative estimate of drug-likeness (QED) is 0.425. The van der Waals surface area contributed by atoms with Gasteiger partial charge in [0, 0.05) is 41.6 Å². The highest BCUT2D eigenvalue weighted by Crippen LogP contribution is 2.45. The van der Waals surface area contributed by atoms with Crippen molar-refractivity contribution in [3.05, 3.63) is 35.9 Å². The van der Waals surface area contributed by atoms with Crippen molar-refractivity contribution in [2.75, 3.05) is 18.6 Å². The van der Waals surface area contributed by atoms with Crippen molar-refractivity contribution in [1.82, 2.24) is 24.5 Å². The third kappa shape index (κ3) is 4.37. The average molecular weight is 555 g/mol. The monoisotopic (exact) mass is 554 g/mol. The Morgan fingerprint density at radius 2 is 1.87 bits per heavy atom. The van der Waals surface area contributed by atoms with Crippen molar-refractivity contribution in [2.45, 2.75) is 60.9 Å². The molecule has 38 heavy (non-hydrogen) atoms. The summed E-state index contributed by atoms with van der Waals surface area (Å²) in [6, 6.07) is 2.02. The number of nitrogens with two attached hydrogens (primary N) is 1. The summed E-state index contributed by atoms with van der Waals surface area (Å²) in [5.74, 6) is -0.874. The average Bonchev–Trinajstić information content (AvgIpc) is 3.40. The fourth-order valence-electron chi connectivity index (χ4n) is 5.66. The van der Waals surface area contributed by atoms with Gasteiger partial charge in [-0.2, -0.15) is 22.8 Å². The Kier molecular flexibility index (Phi) is 6.35. The number of anilines is 1. The molecule has 2 bridgehead atoms. The van der Waals surface area contributed by atoms with E-state index in [2.05, 4.69) is 15.1 Å². The maximum atomic E-state index is 12.9. The minimum Gasteiger partial charge on any atom is -0.387 e. The van der Waals surface area contributed by atoms with Crippen molar-refractivity contribution in [1.29, 1.82) is 0 Å². The Bertz CT molecular complexity index is 1490. The molecule has 2 aliphatic heterocycles. The highest BCUT2D eigenvalue weighted by molar-refractivity contribution is 7.91. The van der Waals surface area contributed by atoms with Gasteiger partial charge in [0.1, 0.15) is 17.3 Å². The highest BCUT2D eigenvalue weighted by atomic mass is 32.2. The number of pyridine rings is 1. The molecule has 0 aliphatic carbocycles. The number of aliphatic hydroxyl groups excluding tert-OH is 2. The van der Waals surface area contributed by atoms with Crippen LogP contribution in [0.5, 0.6) is 0 Å². The molecule has 5 rings (SSSR count). The first-order chi connectivity index (χ1) is 17.8. The van der Waals surface area contributed by atoms with E-state index in [1.807, 2.05) is 0 Å². The minimum absolute atomic E-state index is 0.156. The number of aliphatic hydroxyl groups is 2. The normalized spacial score (nSPS) is 22.7. The molecule has 3 unspecified atom stereocenters. The van der Waals surface area contributed by atoms with Crippen LogP contribution in [0.15, 0.2) is 29.4 Å². The summed E-state index contributed by atoms with van der Waals surface area (Å²) in [4.78, 5) is 22.2. The molecule has 2 aliphatic rings. The van der Waals surface area contributed by atoms with Crippen molar-refractivity contribution in [2.24, 2.45) is 0 Å². The standard InChI is InChI=1S/C23H25F3N6O5S/c1-38(36,37)19-18(12-6-13-3-4-14(7-12)31(13)17(34)10-33)30-22-15(9-29-32(22)21(19)27)11-2-5-16(28-8-11)20(35)23(24,25)26/h2,5,8-9,12-14,20,33,35H,3-4,6-7,10,27H2,1H3. The number of hydrogen-bond donors (Lipinski definition) is 3. The number of fused-ring (bicyclic) bond motifs is 3. The van der Waals surface area contributed by atoms with Crippen LogP contribution < -0.4 is 5.73 Å². The van der Waals surface area contributed by atoms with Crippen LogP contribution in [0, 0.1) is 0 Å². The molecule has 3 aromatic rings. The van der Waals surface area contributed by atoms with Crippen LogP contribution in [0.2, 0.25) is 0 Å². The van der Waals surface area contributed by atoms with Gasteiger partial charge in [0.05, 0.1) is 17.6 Å². The first-order valence-corrected chi connectivity index (χ1v) is 13.7. The summed E-state index contributed by atoms with van der Waals surface area (Å²) in [6.45, 7) is -0.602. The lowest BCUT2D eigenvalue weighted by Gasteiger charge is -2.39. The Morgan fingerprint density at radius 3 is 2.39 bits per heavy atom. The SMILES string of the molecule is CS(=O)(=O)c1c(C2CC3CCC(C2)N3C(=O)CO)nc2c(-c3ccc(C(O)C(F)(F)F)nc3)cnn2c1N. The molecule has 3 aromatic heterocycles. The summed E-state index contributed by atoms with van der Waals surface area (Å²) in [5, 5.41) is 23.0. The van der Waals surface area contributed by atoms with Gasteiger partial charge in [-0.15, -0.1) is 0 Å². The van der Waals surface area contributed by atoms with Crippen molar-refractivity contribution in [3.8, 4) is 11.1 Å². The second-order valence-corrected chi connectivity index (χ2v) is 11.7. The Balaban J connectivity index is 1.59. The van der Waals surface area contributed by atoms with Crippen LogP contribution in [-0.4, -0.2) is 80.1 Å². The number of nitrogen functional groups attached to an aromatic ring is 1. The molecule has 0 saturated carbocycles. The fraction of sp³-hybridized carbons (Fsp3) is 0.478. The van der Waals surface area contributed by atoms with Crippen molar-refractivity contribution in [3.63, 3.8) is 0 Å². The van der Waals surface area contributed by atoms with Crippen LogP contribution >= 0.6 is 0 Å². The maximum absolute atomic E-state index is 12.9. The minimum atomic E-state index is -4.87. The molecule has 15 heteroatoms. The molecule has 4 N–H and O–H groups in total. The lowest BCUT2D eigenvalue weighted by atomic mass is 9.87. The zero-order valence-corrected chi connectivity index (χ0v) is 20.9. The van der Waals surface area contributed by atoms with Crippen LogP contribution in [0.25, 0.3) is 16.8 Å². The molecule has 1 amide bonds. The Morgan fingerprint density at radius 1 is 1.21 bits per heavy atom. The summed E-state index contributed by atoms with van der Waals surface area (Å²) in [6.07, 6.45) is -1.78. The van der Waals surface area contributed by atoms with E-state index in [1.54, 1.807) is 4.90 Å². The number of hydrogen-bond acceptors (Lipinski definition) is 9. The van der Waals surface area contributed by atoms with Gasteiger partial charge in [-0.1, -0.05) is 6.07 Å². The van der Waals surface area contributed by atoms with Gasteiger partial charge in [0.25, 0.3) is 0 Å². The molecule has 204 valence electrons. The number of piperidine rings is 1. The Labute approximate surface area is 215 Å². The fourth-order valence-corrected chi connectivity index (χ4v) is 6.72. The molecular formula is C23H25F3N6O5S. The molecular weight excluding hydrogens is 529 g/mol. The maximum Gasteiger partial charge on any atom is 0.420 e. The first-order valence-electron chi connectivity index (χ1n) is 11.8. The van der Waals surface area contributed by atoms with E-state index in [4.69, 9.17) is 5.73 Å².